The van der Waals surface area contributed by atoms with Crippen LogP contribution < -0.4 is 0 Å². The zero-order valence-corrected chi connectivity index (χ0v) is 20.8. The number of para-hydroxylation sites is 1. The lowest BCUT2D eigenvalue weighted by Gasteiger charge is -2.52. The molecule has 8 heteroatoms. The smallest absolute Gasteiger partial charge is 0.419 e. The van der Waals surface area contributed by atoms with E-state index in [0.717, 1.165) is 22.2 Å². The quantitative estimate of drug-likeness (QED) is 0.565. The molecule has 3 aliphatic rings. The van der Waals surface area contributed by atoms with Crippen molar-refractivity contribution in [1.82, 2.24) is 9.47 Å². The highest BCUT2D eigenvalue weighted by Gasteiger charge is 2.53. The van der Waals surface area contributed by atoms with Gasteiger partial charge in [-0.2, -0.15) is 5.26 Å². The summed E-state index contributed by atoms with van der Waals surface area (Å²) in [5, 5.41) is 11.3. The number of fused-ring (bicyclic) bond motifs is 6. The molecule has 1 saturated heterocycles. The number of ether oxygens (including phenoxy) is 3. The molecule has 1 fully saturated rings. The van der Waals surface area contributed by atoms with Crippen molar-refractivity contribution in [3.63, 3.8) is 0 Å². The fourth-order valence-corrected chi connectivity index (χ4v) is 6.17. The van der Waals surface area contributed by atoms with Gasteiger partial charge in [-0.3, -0.25) is 4.90 Å². The monoisotopic (exact) mass is 477 g/mol. The molecule has 8 nitrogen and oxygen atoms in total. The number of esters is 1. The standard InChI is InChI=1S/C27H31N3O5/c1-15-23-18(19(14-34-15)25(31)33-5)12-21-24-17(10-11-29(21)22(23)13-28)16-8-6-7-9-20(16)30(24)26(32)35-27(2,3)4/h6-9,14-15,18,21-23H,10-12H2,1-5H3/t15-,18+,21-,22+,23-/m0/s1. The van der Waals surface area contributed by atoms with Gasteiger partial charge in [0.2, 0.25) is 0 Å². The number of rotatable bonds is 1. The molecule has 5 atom stereocenters. The molecule has 184 valence electrons. The summed E-state index contributed by atoms with van der Waals surface area (Å²) in [6, 6.07) is 9.66. The lowest BCUT2D eigenvalue weighted by molar-refractivity contribution is -0.139. The van der Waals surface area contributed by atoms with E-state index in [1.165, 1.54) is 13.4 Å². The lowest BCUT2D eigenvalue weighted by Crippen LogP contribution is -2.57. The minimum atomic E-state index is -0.659. The largest absolute Gasteiger partial charge is 0.497 e. The number of hydrogen-bond acceptors (Lipinski definition) is 7. The number of carbonyl (C=O) groups is 2. The Balaban J connectivity index is 1.68. The SMILES string of the molecule is COC(=O)C1=CO[C@@H](C)[C@H]2[C@@H]1C[C@H]1c3c(c4ccccc4n3C(=O)OC(C)(C)C)CCN1[C@@H]2C#N. The number of benzene rings is 1. The van der Waals surface area contributed by atoms with E-state index in [-0.39, 0.29) is 24.0 Å². The van der Waals surface area contributed by atoms with Crippen LogP contribution in [0.2, 0.25) is 0 Å². The van der Waals surface area contributed by atoms with Gasteiger partial charge >= 0.3 is 12.1 Å². The molecule has 0 N–H and O–H groups in total. The molecule has 0 amide bonds. The van der Waals surface area contributed by atoms with E-state index in [1.54, 1.807) is 4.57 Å². The van der Waals surface area contributed by atoms with E-state index in [4.69, 9.17) is 14.2 Å². The van der Waals surface area contributed by atoms with Gasteiger partial charge in [-0.25, -0.2) is 14.2 Å². The van der Waals surface area contributed by atoms with Crippen molar-refractivity contribution < 1.29 is 23.8 Å². The Morgan fingerprint density at radius 1 is 1.23 bits per heavy atom. The molecule has 5 rings (SSSR count). The third kappa shape index (κ3) is 3.69. The van der Waals surface area contributed by atoms with E-state index in [9.17, 15) is 14.9 Å². The minimum absolute atomic E-state index is 0.184. The second-order valence-electron chi connectivity index (χ2n) is 10.6. The van der Waals surface area contributed by atoms with Crippen LogP contribution in [0.1, 0.15) is 51.4 Å². The molecule has 4 heterocycles. The number of nitriles is 1. The molecule has 3 aliphatic heterocycles. The van der Waals surface area contributed by atoms with Gasteiger partial charge < -0.3 is 14.2 Å². The van der Waals surface area contributed by atoms with Crippen molar-refractivity contribution in [3.05, 3.63) is 47.4 Å². The zero-order chi connectivity index (χ0) is 25.1. The van der Waals surface area contributed by atoms with Crippen LogP contribution in [-0.2, 0) is 25.4 Å². The van der Waals surface area contributed by atoms with Crippen molar-refractivity contribution in [2.24, 2.45) is 11.8 Å². The molecule has 0 bridgehead atoms. The van der Waals surface area contributed by atoms with Crippen LogP contribution in [-0.4, -0.2) is 52.9 Å². The average molecular weight is 478 g/mol. The third-order valence-corrected chi connectivity index (χ3v) is 7.50. The maximum atomic E-state index is 13.5. The van der Waals surface area contributed by atoms with E-state index in [1.807, 2.05) is 52.0 Å². The van der Waals surface area contributed by atoms with Gasteiger partial charge in [0.15, 0.2) is 0 Å². The normalized spacial score (nSPS) is 28.0. The van der Waals surface area contributed by atoms with Crippen LogP contribution >= 0.6 is 0 Å². The summed E-state index contributed by atoms with van der Waals surface area (Å²) in [7, 11) is 1.35. The first-order valence-corrected chi connectivity index (χ1v) is 12.1. The van der Waals surface area contributed by atoms with Crippen molar-refractivity contribution in [2.75, 3.05) is 13.7 Å². The van der Waals surface area contributed by atoms with Crippen LogP contribution in [0.5, 0.6) is 0 Å². The van der Waals surface area contributed by atoms with Crippen LogP contribution in [0.15, 0.2) is 36.1 Å². The molecular weight excluding hydrogens is 446 g/mol. The Morgan fingerprint density at radius 2 is 1.97 bits per heavy atom. The highest BCUT2D eigenvalue weighted by molar-refractivity contribution is 5.94. The summed E-state index contributed by atoms with van der Waals surface area (Å²) in [4.78, 5) is 28.4. The number of nitrogens with zero attached hydrogens (tertiary/aromatic N) is 3. The minimum Gasteiger partial charge on any atom is -0.497 e. The molecule has 0 aliphatic carbocycles. The van der Waals surface area contributed by atoms with Crippen molar-refractivity contribution >= 4 is 23.0 Å². The summed E-state index contributed by atoms with van der Waals surface area (Å²) in [6.07, 6.45) is 2.12. The van der Waals surface area contributed by atoms with Crippen LogP contribution in [0.3, 0.4) is 0 Å². The second kappa shape index (κ2) is 8.42. The highest BCUT2D eigenvalue weighted by atomic mass is 16.6. The molecule has 0 spiro atoms. The Labute approximate surface area is 205 Å². The number of methoxy groups -OCH3 is 1. The van der Waals surface area contributed by atoms with Gasteiger partial charge in [-0.15, -0.1) is 0 Å². The lowest BCUT2D eigenvalue weighted by atomic mass is 9.68. The summed E-state index contributed by atoms with van der Waals surface area (Å²) in [5.74, 6) is -0.856. The molecule has 2 aromatic rings. The van der Waals surface area contributed by atoms with Gasteiger partial charge in [0.05, 0.1) is 42.3 Å². The summed E-state index contributed by atoms with van der Waals surface area (Å²) >= 11 is 0. The molecule has 0 saturated carbocycles. The predicted octanol–water partition coefficient (Wildman–Crippen LogP) is 4.33. The fourth-order valence-electron chi connectivity index (χ4n) is 6.17. The summed E-state index contributed by atoms with van der Waals surface area (Å²) in [6.45, 7) is 8.18. The number of aromatic nitrogens is 1. The third-order valence-electron chi connectivity index (χ3n) is 7.50. The van der Waals surface area contributed by atoms with Gasteiger partial charge in [-0.1, -0.05) is 18.2 Å². The van der Waals surface area contributed by atoms with E-state index < -0.39 is 23.7 Å². The van der Waals surface area contributed by atoms with Crippen molar-refractivity contribution in [1.29, 1.82) is 5.26 Å². The van der Waals surface area contributed by atoms with Crippen LogP contribution in [0.4, 0.5) is 4.79 Å². The Morgan fingerprint density at radius 3 is 2.66 bits per heavy atom. The molecule has 0 unspecified atom stereocenters. The zero-order valence-electron chi connectivity index (χ0n) is 20.8. The first-order chi connectivity index (χ1) is 16.7. The first kappa shape index (κ1) is 23.4. The molecular formula is C27H31N3O5. The van der Waals surface area contributed by atoms with E-state index >= 15 is 0 Å². The van der Waals surface area contributed by atoms with E-state index in [2.05, 4.69) is 11.0 Å². The maximum absolute atomic E-state index is 13.5. The fraction of sp³-hybridized carbons (Fsp3) is 0.519. The molecule has 35 heavy (non-hydrogen) atoms. The topological polar surface area (TPSA) is 93.8 Å². The molecule has 1 aromatic carbocycles. The summed E-state index contributed by atoms with van der Waals surface area (Å²) in [5.41, 5.74) is 2.55. The number of hydrogen-bond donors (Lipinski definition) is 0. The number of piperidine rings is 1. The van der Waals surface area contributed by atoms with E-state index in [0.29, 0.717) is 25.0 Å². The highest BCUT2D eigenvalue weighted by Crippen LogP contribution is 2.51. The Kier molecular flexibility index (Phi) is 5.64. The average Bonchev–Trinajstić information content (AvgIpc) is 3.16. The maximum Gasteiger partial charge on any atom is 0.419 e. The molecule has 0 radical (unpaired) electrons. The van der Waals surface area contributed by atoms with Crippen molar-refractivity contribution in [2.45, 2.75) is 64.3 Å². The predicted molar refractivity (Wildman–Crippen MR) is 128 cm³/mol. The number of carbonyl (C=O) groups excluding carboxylic acids is 2. The van der Waals surface area contributed by atoms with Gasteiger partial charge in [0, 0.05) is 23.8 Å². The Hall–Kier alpha value is -3.31. The Bertz CT molecular complexity index is 1260. The van der Waals surface area contributed by atoms with Gasteiger partial charge in [-0.05, 0) is 52.2 Å². The second-order valence-corrected chi connectivity index (χ2v) is 10.6. The van der Waals surface area contributed by atoms with Gasteiger partial charge in [0.1, 0.15) is 17.7 Å². The first-order valence-electron chi connectivity index (χ1n) is 12.1. The van der Waals surface area contributed by atoms with Crippen LogP contribution in [0.25, 0.3) is 10.9 Å². The van der Waals surface area contributed by atoms with Crippen molar-refractivity contribution in [3.8, 4) is 6.07 Å². The molecule has 1 aromatic heterocycles. The van der Waals surface area contributed by atoms with Crippen LogP contribution in [0, 0.1) is 23.2 Å². The van der Waals surface area contributed by atoms with Gasteiger partial charge in [0.25, 0.3) is 0 Å². The summed E-state index contributed by atoms with van der Waals surface area (Å²) < 4.78 is 18.4.